The highest BCUT2D eigenvalue weighted by atomic mass is 16.2. The third-order valence-electron chi connectivity index (χ3n) is 5.37. The Labute approximate surface area is 133 Å². The second-order valence-electron chi connectivity index (χ2n) is 7.91. The first-order valence-electron chi connectivity index (χ1n) is 8.53. The van der Waals surface area contributed by atoms with Crippen LogP contribution in [0.15, 0.2) is 30.3 Å². The predicted octanol–water partition coefficient (Wildman–Crippen LogP) is 2.76. The van der Waals surface area contributed by atoms with Crippen LogP contribution in [0.3, 0.4) is 0 Å². The molecule has 1 aromatic rings. The summed E-state index contributed by atoms with van der Waals surface area (Å²) >= 11 is 0. The van der Waals surface area contributed by atoms with Gasteiger partial charge in [-0.15, -0.1) is 0 Å². The van der Waals surface area contributed by atoms with E-state index in [1.54, 1.807) is 0 Å². The van der Waals surface area contributed by atoms with Crippen LogP contribution in [0.25, 0.3) is 0 Å². The van der Waals surface area contributed by atoms with Gasteiger partial charge in [-0.25, -0.2) is 0 Å². The van der Waals surface area contributed by atoms with E-state index in [2.05, 4.69) is 48.7 Å². The van der Waals surface area contributed by atoms with E-state index in [1.807, 2.05) is 6.07 Å². The van der Waals surface area contributed by atoms with Crippen LogP contribution in [-0.2, 0) is 11.2 Å². The molecule has 1 saturated carbocycles. The fourth-order valence-corrected chi connectivity index (χ4v) is 3.86. The van der Waals surface area contributed by atoms with Crippen molar-refractivity contribution in [3.63, 3.8) is 0 Å². The van der Waals surface area contributed by atoms with E-state index in [4.69, 9.17) is 0 Å². The summed E-state index contributed by atoms with van der Waals surface area (Å²) in [5.74, 6) is 0.546. The quantitative estimate of drug-likeness (QED) is 0.878. The average molecular weight is 300 g/mol. The number of hydrogen-bond acceptors (Lipinski definition) is 2. The lowest BCUT2D eigenvalue weighted by atomic mass is 9.85. The topological polar surface area (TPSA) is 41.1 Å². The van der Waals surface area contributed by atoms with Crippen LogP contribution in [0.5, 0.6) is 0 Å². The van der Waals surface area contributed by atoms with Crippen molar-refractivity contribution < 1.29 is 4.79 Å². The van der Waals surface area contributed by atoms with Gasteiger partial charge in [0.05, 0.1) is 0 Å². The molecule has 1 aliphatic heterocycles. The molecule has 3 nitrogen and oxygen atoms in total. The highest BCUT2D eigenvalue weighted by Gasteiger charge is 2.57. The van der Waals surface area contributed by atoms with E-state index < -0.39 is 0 Å². The molecule has 2 N–H and O–H groups in total. The maximum absolute atomic E-state index is 12.4. The molecule has 1 amide bonds. The van der Waals surface area contributed by atoms with Crippen LogP contribution in [0.4, 0.5) is 0 Å². The number of piperidine rings is 1. The number of benzene rings is 1. The lowest BCUT2D eigenvalue weighted by molar-refractivity contribution is -0.123. The van der Waals surface area contributed by atoms with Crippen molar-refractivity contribution in [3.05, 3.63) is 35.9 Å². The van der Waals surface area contributed by atoms with Gasteiger partial charge in [-0.1, -0.05) is 44.2 Å². The van der Waals surface area contributed by atoms with Crippen molar-refractivity contribution in [2.24, 2.45) is 16.7 Å². The Hall–Kier alpha value is -1.35. The SMILES string of the molecule is CC(C)(CNC(=O)C1CC12CCNCC2)Cc1ccccc1. The summed E-state index contributed by atoms with van der Waals surface area (Å²) in [5.41, 5.74) is 1.76. The summed E-state index contributed by atoms with van der Waals surface area (Å²) in [6.07, 6.45) is 4.42. The molecule has 1 spiro atoms. The standard InChI is InChI=1S/C19H28N2O/c1-18(2,12-15-6-4-3-5-7-15)14-21-17(22)16-13-19(16)8-10-20-11-9-19/h3-7,16,20H,8-14H2,1-2H3,(H,21,22). The van der Waals surface area contributed by atoms with Crippen LogP contribution < -0.4 is 10.6 Å². The molecule has 22 heavy (non-hydrogen) atoms. The molecule has 2 aliphatic rings. The smallest absolute Gasteiger partial charge is 0.223 e. The predicted molar refractivity (Wildman–Crippen MR) is 89.6 cm³/mol. The lowest BCUT2D eigenvalue weighted by Crippen LogP contribution is -2.38. The molecular weight excluding hydrogens is 272 g/mol. The van der Waals surface area contributed by atoms with Gasteiger partial charge in [0.25, 0.3) is 0 Å². The van der Waals surface area contributed by atoms with Gasteiger partial charge in [0.15, 0.2) is 0 Å². The Kier molecular flexibility index (Phi) is 4.26. The molecule has 1 aliphatic carbocycles. The van der Waals surface area contributed by atoms with Gasteiger partial charge >= 0.3 is 0 Å². The number of carbonyl (C=O) groups is 1. The van der Waals surface area contributed by atoms with Crippen molar-refractivity contribution in [1.29, 1.82) is 0 Å². The number of amides is 1. The monoisotopic (exact) mass is 300 g/mol. The van der Waals surface area contributed by atoms with Gasteiger partial charge in [-0.3, -0.25) is 4.79 Å². The highest BCUT2D eigenvalue weighted by molar-refractivity contribution is 5.82. The fourth-order valence-electron chi connectivity index (χ4n) is 3.86. The van der Waals surface area contributed by atoms with Crippen molar-refractivity contribution in [1.82, 2.24) is 10.6 Å². The summed E-state index contributed by atoms with van der Waals surface area (Å²) in [6.45, 7) is 7.36. The summed E-state index contributed by atoms with van der Waals surface area (Å²) < 4.78 is 0. The molecule has 1 heterocycles. The second-order valence-corrected chi connectivity index (χ2v) is 7.91. The minimum absolute atomic E-state index is 0.0905. The first kappa shape index (κ1) is 15.5. The number of hydrogen-bond donors (Lipinski definition) is 2. The maximum atomic E-state index is 12.4. The van der Waals surface area contributed by atoms with E-state index in [9.17, 15) is 4.79 Å². The molecule has 1 unspecified atom stereocenters. The van der Waals surface area contributed by atoms with Crippen LogP contribution >= 0.6 is 0 Å². The van der Waals surface area contributed by atoms with Crippen LogP contribution in [0.2, 0.25) is 0 Å². The number of nitrogens with one attached hydrogen (secondary N) is 2. The van der Waals surface area contributed by atoms with Crippen LogP contribution in [-0.4, -0.2) is 25.5 Å². The highest BCUT2D eigenvalue weighted by Crippen LogP contribution is 2.58. The van der Waals surface area contributed by atoms with Crippen molar-refractivity contribution in [2.45, 2.75) is 39.5 Å². The Bertz CT molecular complexity index is 517. The molecule has 1 saturated heterocycles. The maximum Gasteiger partial charge on any atom is 0.223 e. The summed E-state index contributed by atoms with van der Waals surface area (Å²) in [7, 11) is 0. The molecule has 0 radical (unpaired) electrons. The van der Waals surface area contributed by atoms with E-state index in [0.717, 1.165) is 32.5 Å². The summed E-state index contributed by atoms with van der Waals surface area (Å²) in [5, 5.41) is 6.61. The van der Waals surface area contributed by atoms with Crippen LogP contribution in [0.1, 0.15) is 38.7 Å². The molecular formula is C19H28N2O. The van der Waals surface area contributed by atoms with Crippen LogP contribution in [0, 0.1) is 16.7 Å². The molecule has 2 fully saturated rings. The normalized spacial score (nSPS) is 23.3. The minimum atomic E-state index is 0.0905. The van der Waals surface area contributed by atoms with Gasteiger partial charge in [0.1, 0.15) is 0 Å². The average Bonchev–Trinajstić information content (AvgIpc) is 3.19. The van der Waals surface area contributed by atoms with E-state index in [1.165, 1.54) is 18.4 Å². The first-order chi connectivity index (χ1) is 10.5. The van der Waals surface area contributed by atoms with Gasteiger partial charge in [-0.05, 0) is 55.2 Å². The molecule has 1 atom stereocenters. The van der Waals surface area contributed by atoms with Crippen molar-refractivity contribution in [3.8, 4) is 0 Å². The zero-order chi connectivity index (χ0) is 15.6. The molecule has 0 aromatic heterocycles. The second kappa shape index (κ2) is 6.04. The zero-order valence-electron chi connectivity index (χ0n) is 13.8. The number of rotatable bonds is 5. The minimum Gasteiger partial charge on any atom is -0.355 e. The Morgan fingerprint density at radius 3 is 2.64 bits per heavy atom. The van der Waals surface area contributed by atoms with Gasteiger partial charge in [-0.2, -0.15) is 0 Å². The van der Waals surface area contributed by atoms with Gasteiger partial charge < -0.3 is 10.6 Å². The molecule has 120 valence electrons. The fraction of sp³-hybridized carbons (Fsp3) is 0.632. The first-order valence-corrected chi connectivity index (χ1v) is 8.53. The molecule has 0 bridgehead atoms. The van der Waals surface area contributed by atoms with E-state index in [-0.39, 0.29) is 17.2 Å². The Morgan fingerprint density at radius 1 is 1.27 bits per heavy atom. The largest absolute Gasteiger partial charge is 0.355 e. The van der Waals surface area contributed by atoms with Gasteiger partial charge in [0.2, 0.25) is 5.91 Å². The molecule has 3 rings (SSSR count). The summed E-state index contributed by atoms with van der Waals surface area (Å²) in [4.78, 5) is 12.4. The third-order valence-corrected chi connectivity index (χ3v) is 5.37. The molecule has 1 aromatic carbocycles. The van der Waals surface area contributed by atoms with Crippen molar-refractivity contribution >= 4 is 5.91 Å². The van der Waals surface area contributed by atoms with Crippen molar-refractivity contribution in [2.75, 3.05) is 19.6 Å². The van der Waals surface area contributed by atoms with E-state index in [0.29, 0.717) is 5.41 Å². The lowest BCUT2D eigenvalue weighted by Gasteiger charge is -2.26. The third kappa shape index (κ3) is 3.52. The van der Waals surface area contributed by atoms with Gasteiger partial charge in [0, 0.05) is 12.5 Å². The Balaban J connectivity index is 1.48. The van der Waals surface area contributed by atoms with E-state index >= 15 is 0 Å². The number of carbonyl (C=O) groups excluding carboxylic acids is 1. The zero-order valence-corrected chi connectivity index (χ0v) is 13.8. The Morgan fingerprint density at radius 2 is 1.95 bits per heavy atom. The summed E-state index contributed by atoms with van der Waals surface area (Å²) in [6, 6.07) is 10.5. The molecule has 3 heteroatoms.